The number of carbonyl (C=O) groups excluding carboxylic acids is 2. The van der Waals surface area contributed by atoms with Gasteiger partial charge in [-0.3, -0.25) is 9.59 Å². The molecule has 2 aromatic rings. The van der Waals surface area contributed by atoms with E-state index in [9.17, 15) is 14.0 Å². The second kappa shape index (κ2) is 13.5. The Morgan fingerprint density at radius 2 is 1.89 bits per heavy atom. The van der Waals surface area contributed by atoms with Crippen LogP contribution in [-0.2, 0) is 25.5 Å². The summed E-state index contributed by atoms with van der Waals surface area (Å²) in [6, 6.07) is 16.2. The monoisotopic (exact) mass is 520 g/mol. The molecule has 202 valence electrons. The molecule has 4 atom stereocenters. The first-order valence-electron chi connectivity index (χ1n) is 13.5. The SMILES string of the molecule is COC(=O)CCC/C=C\C[C@@H]1[C@@H](/C=C/C(=O)COc2ccc(F)cc2)[C@H]2C[C@]1(CCc1ccccc1)CO2. The summed E-state index contributed by atoms with van der Waals surface area (Å²) in [5.41, 5.74) is 1.40. The Kier molecular flexibility index (Phi) is 9.88. The number of esters is 1. The normalized spacial score (nSPS) is 24.3. The molecule has 0 amide bonds. The molecule has 0 unspecified atom stereocenters. The number of carbonyl (C=O) groups is 2. The van der Waals surface area contributed by atoms with Crippen molar-refractivity contribution in [3.63, 3.8) is 0 Å². The molecule has 2 aromatic carbocycles. The van der Waals surface area contributed by atoms with Crippen molar-refractivity contribution in [1.82, 2.24) is 0 Å². The highest BCUT2D eigenvalue weighted by atomic mass is 19.1. The van der Waals surface area contributed by atoms with Gasteiger partial charge in [0.05, 0.1) is 19.8 Å². The third kappa shape index (κ3) is 7.41. The van der Waals surface area contributed by atoms with E-state index in [2.05, 4.69) is 36.4 Å². The molecule has 2 bridgehead atoms. The minimum Gasteiger partial charge on any atom is -0.485 e. The van der Waals surface area contributed by atoms with Gasteiger partial charge in [-0.1, -0.05) is 48.6 Å². The Labute approximate surface area is 224 Å². The lowest BCUT2D eigenvalue weighted by Gasteiger charge is -2.38. The van der Waals surface area contributed by atoms with Crippen molar-refractivity contribution in [2.75, 3.05) is 20.3 Å². The van der Waals surface area contributed by atoms with Gasteiger partial charge in [-0.25, -0.2) is 4.39 Å². The van der Waals surface area contributed by atoms with E-state index in [4.69, 9.17) is 14.2 Å². The van der Waals surface area contributed by atoms with Crippen LogP contribution >= 0.6 is 0 Å². The topological polar surface area (TPSA) is 61.8 Å². The molecule has 2 fully saturated rings. The smallest absolute Gasteiger partial charge is 0.305 e. The highest BCUT2D eigenvalue weighted by molar-refractivity contribution is 5.91. The van der Waals surface area contributed by atoms with Gasteiger partial charge < -0.3 is 14.2 Å². The Bertz CT molecular complexity index is 1110. The first-order valence-corrected chi connectivity index (χ1v) is 13.5. The minimum absolute atomic E-state index is 0.0690. The first-order chi connectivity index (χ1) is 18.5. The average molecular weight is 521 g/mol. The van der Waals surface area contributed by atoms with E-state index < -0.39 is 0 Å². The maximum absolute atomic E-state index is 13.1. The van der Waals surface area contributed by atoms with Crippen LogP contribution in [0.1, 0.15) is 44.1 Å². The van der Waals surface area contributed by atoms with E-state index in [1.54, 1.807) is 6.08 Å². The second-order valence-electron chi connectivity index (χ2n) is 10.3. The third-order valence-corrected chi connectivity index (χ3v) is 7.86. The van der Waals surface area contributed by atoms with Crippen LogP contribution in [-0.4, -0.2) is 38.2 Å². The number of aryl methyl sites for hydroxylation is 1. The number of benzene rings is 2. The molecule has 1 aliphatic heterocycles. The molecule has 5 nitrogen and oxygen atoms in total. The lowest BCUT2D eigenvalue weighted by Crippen LogP contribution is -2.36. The molecule has 0 radical (unpaired) electrons. The third-order valence-electron chi connectivity index (χ3n) is 7.86. The summed E-state index contributed by atoms with van der Waals surface area (Å²) in [4.78, 5) is 23.9. The highest BCUT2D eigenvalue weighted by Crippen LogP contribution is 2.58. The number of unbranched alkanes of at least 4 members (excludes halogenated alkanes) is 1. The predicted octanol–water partition coefficient (Wildman–Crippen LogP) is 6.27. The quantitative estimate of drug-likeness (QED) is 0.127. The van der Waals surface area contributed by atoms with Gasteiger partial charge in [0, 0.05) is 17.8 Å². The highest BCUT2D eigenvalue weighted by Gasteiger charge is 2.56. The Balaban J connectivity index is 1.39. The molecular weight excluding hydrogens is 483 g/mol. The van der Waals surface area contributed by atoms with Crippen LogP contribution in [0.2, 0.25) is 0 Å². The molecule has 0 N–H and O–H groups in total. The maximum atomic E-state index is 13.1. The predicted molar refractivity (Wildman–Crippen MR) is 144 cm³/mol. The van der Waals surface area contributed by atoms with Crippen LogP contribution in [0.5, 0.6) is 5.75 Å². The van der Waals surface area contributed by atoms with Crippen LogP contribution < -0.4 is 4.74 Å². The van der Waals surface area contributed by atoms with Gasteiger partial charge in [0.1, 0.15) is 11.6 Å². The number of ether oxygens (including phenoxy) is 3. The minimum atomic E-state index is -0.343. The fraction of sp³-hybridized carbons (Fsp3) is 0.438. The summed E-state index contributed by atoms with van der Waals surface area (Å²) < 4.78 is 29.6. The van der Waals surface area contributed by atoms with E-state index in [1.165, 1.54) is 36.9 Å². The molecule has 2 aliphatic rings. The molecule has 1 saturated carbocycles. The Morgan fingerprint density at radius 3 is 2.66 bits per heavy atom. The van der Waals surface area contributed by atoms with Gasteiger partial charge in [0.25, 0.3) is 0 Å². The molecule has 4 rings (SSSR count). The van der Waals surface area contributed by atoms with Crippen LogP contribution in [0.15, 0.2) is 78.9 Å². The fourth-order valence-corrected chi connectivity index (χ4v) is 5.81. The van der Waals surface area contributed by atoms with Crippen molar-refractivity contribution in [2.24, 2.45) is 17.3 Å². The number of hydrogen-bond acceptors (Lipinski definition) is 5. The number of allylic oxidation sites excluding steroid dienone is 2. The van der Waals surface area contributed by atoms with E-state index in [0.717, 1.165) is 45.1 Å². The van der Waals surface area contributed by atoms with Gasteiger partial charge >= 0.3 is 5.97 Å². The number of ketones is 1. The van der Waals surface area contributed by atoms with Crippen molar-refractivity contribution in [1.29, 1.82) is 0 Å². The van der Waals surface area contributed by atoms with Crippen LogP contribution in [0.25, 0.3) is 0 Å². The second-order valence-corrected chi connectivity index (χ2v) is 10.3. The zero-order valence-electron chi connectivity index (χ0n) is 22.0. The summed E-state index contributed by atoms with van der Waals surface area (Å²) in [7, 11) is 1.41. The summed E-state index contributed by atoms with van der Waals surface area (Å²) in [6.45, 7) is 0.654. The molecule has 1 saturated heterocycles. The molecular formula is C32H37FO5. The number of methoxy groups -OCH3 is 1. The number of fused-ring (bicyclic) bond motifs is 2. The number of rotatable bonds is 14. The van der Waals surface area contributed by atoms with E-state index in [1.807, 2.05) is 12.1 Å². The van der Waals surface area contributed by atoms with Crippen LogP contribution in [0, 0.1) is 23.1 Å². The van der Waals surface area contributed by atoms with Crippen LogP contribution in [0.4, 0.5) is 4.39 Å². The van der Waals surface area contributed by atoms with E-state index in [-0.39, 0.29) is 41.6 Å². The fourth-order valence-electron chi connectivity index (χ4n) is 5.81. The standard InChI is InChI=1S/C32H37FO5/c1-36-31(35)12-8-3-2-7-11-29-28(18-15-26(34)22-37-27-16-13-25(33)14-17-27)30-21-32(29,23-38-30)20-19-24-9-5-4-6-10-24/h2,4-7,9-10,13-18,28-30H,3,8,11-12,19-23H2,1H3/b7-2-,18-15+/t28-,29-,30-,32-/m1/s1. The molecule has 0 aromatic heterocycles. The summed E-state index contributed by atoms with van der Waals surface area (Å²) >= 11 is 0. The van der Waals surface area contributed by atoms with Crippen molar-refractivity contribution in [3.05, 3.63) is 90.3 Å². The van der Waals surface area contributed by atoms with Gasteiger partial charge in [-0.15, -0.1) is 0 Å². The van der Waals surface area contributed by atoms with Gasteiger partial charge in [0.2, 0.25) is 0 Å². The average Bonchev–Trinajstić information content (AvgIpc) is 3.49. The summed E-state index contributed by atoms with van der Waals surface area (Å²) in [5.74, 6) is 0.323. The summed E-state index contributed by atoms with van der Waals surface area (Å²) in [5, 5.41) is 0. The molecule has 1 aliphatic carbocycles. The largest absolute Gasteiger partial charge is 0.485 e. The Morgan fingerprint density at radius 1 is 1.11 bits per heavy atom. The van der Waals surface area contributed by atoms with Crippen molar-refractivity contribution in [2.45, 2.75) is 51.0 Å². The van der Waals surface area contributed by atoms with Crippen molar-refractivity contribution >= 4 is 11.8 Å². The van der Waals surface area contributed by atoms with Gasteiger partial charge in [-0.05, 0) is 80.3 Å². The van der Waals surface area contributed by atoms with Crippen LogP contribution in [0.3, 0.4) is 0 Å². The molecule has 0 spiro atoms. The molecule has 38 heavy (non-hydrogen) atoms. The lowest BCUT2D eigenvalue weighted by molar-refractivity contribution is -0.140. The molecule has 6 heteroatoms. The van der Waals surface area contributed by atoms with Gasteiger partial charge in [-0.2, -0.15) is 0 Å². The maximum Gasteiger partial charge on any atom is 0.305 e. The lowest BCUT2D eigenvalue weighted by atomic mass is 9.70. The van der Waals surface area contributed by atoms with E-state index >= 15 is 0 Å². The van der Waals surface area contributed by atoms with Crippen molar-refractivity contribution < 1.29 is 28.2 Å². The Hall–Kier alpha value is -3.25. The zero-order chi connectivity index (χ0) is 26.8. The summed E-state index contributed by atoms with van der Waals surface area (Å²) in [6.07, 6.45) is 14.1. The van der Waals surface area contributed by atoms with Gasteiger partial charge in [0.15, 0.2) is 12.4 Å². The molecule has 1 heterocycles. The zero-order valence-corrected chi connectivity index (χ0v) is 22.0. The first kappa shape index (κ1) is 27.8. The van der Waals surface area contributed by atoms with E-state index in [0.29, 0.717) is 18.1 Å². The number of hydrogen-bond donors (Lipinski definition) is 0. The number of halogens is 1. The van der Waals surface area contributed by atoms with Crippen molar-refractivity contribution in [3.8, 4) is 5.75 Å².